The van der Waals surface area contributed by atoms with Crippen LogP contribution in [-0.2, 0) is 0 Å². The Morgan fingerprint density at radius 3 is 1.75 bits per heavy atom. The molecule has 0 atom stereocenters. The predicted molar refractivity (Wildman–Crippen MR) is 237 cm³/mol. The molecule has 3 aromatic heterocycles. The minimum absolute atomic E-state index is 0.899. The summed E-state index contributed by atoms with van der Waals surface area (Å²) in [6.07, 6.45) is 1.88. The Labute approximate surface area is 330 Å². The molecule has 4 nitrogen and oxygen atoms in total. The molecule has 0 aliphatic heterocycles. The summed E-state index contributed by atoms with van der Waals surface area (Å²) in [6.45, 7) is 0. The zero-order valence-corrected chi connectivity index (χ0v) is 31.0. The van der Waals surface area contributed by atoms with Crippen molar-refractivity contribution in [3.8, 4) is 39.1 Å². The molecule has 4 heteroatoms. The van der Waals surface area contributed by atoms with Crippen molar-refractivity contribution in [2.24, 2.45) is 0 Å². The van der Waals surface area contributed by atoms with Gasteiger partial charge in [0.15, 0.2) is 0 Å². The SMILES string of the molecule is c1ccc(-c2ccc(N(c3ccc(-c4cccc5c4oc4ccccc45)cc3)c3ccc(-c4ccccc4)c(-n4c5ccccc5c5ncccc54)c3)cc2)cc1. The van der Waals surface area contributed by atoms with Crippen LogP contribution in [-0.4, -0.2) is 9.55 Å². The Balaban J connectivity index is 1.11. The Kier molecular flexibility index (Phi) is 7.78. The maximum absolute atomic E-state index is 6.44. The maximum atomic E-state index is 6.44. The van der Waals surface area contributed by atoms with Gasteiger partial charge in [-0.3, -0.25) is 4.98 Å². The number of aromatic nitrogens is 2. The Bertz CT molecular complexity index is 3160. The van der Waals surface area contributed by atoms with Gasteiger partial charge < -0.3 is 13.9 Å². The number of para-hydroxylation sites is 3. The average Bonchev–Trinajstić information content (AvgIpc) is 3.84. The van der Waals surface area contributed by atoms with E-state index in [9.17, 15) is 0 Å². The molecule has 0 fully saturated rings. The zero-order valence-electron chi connectivity index (χ0n) is 31.0. The summed E-state index contributed by atoms with van der Waals surface area (Å²) in [4.78, 5) is 7.22. The monoisotopic (exact) mass is 729 g/mol. The summed E-state index contributed by atoms with van der Waals surface area (Å²) in [5.41, 5.74) is 16.0. The van der Waals surface area contributed by atoms with E-state index >= 15 is 0 Å². The van der Waals surface area contributed by atoms with Gasteiger partial charge in [0, 0.05) is 50.5 Å². The fourth-order valence-corrected chi connectivity index (χ4v) is 8.39. The van der Waals surface area contributed by atoms with Gasteiger partial charge in [0.2, 0.25) is 0 Å². The first-order valence-electron chi connectivity index (χ1n) is 19.3. The van der Waals surface area contributed by atoms with E-state index in [4.69, 9.17) is 9.40 Å². The third-order valence-electron chi connectivity index (χ3n) is 11.1. The number of nitrogens with zero attached hydrogens (tertiary/aromatic N) is 3. The third-order valence-corrected chi connectivity index (χ3v) is 11.1. The summed E-state index contributed by atoms with van der Waals surface area (Å²) in [6, 6.07) is 73.2. The van der Waals surface area contributed by atoms with Crippen LogP contribution in [0.2, 0.25) is 0 Å². The Morgan fingerprint density at radius 2 is 0.982 bits per heavy atom. The van der Waals surface area contributed by atoms with Crippen molar-refractivity contribution in [3.05, 3.63) is 212 Å². The molecular formula is C53H35N3O. The van der Waals surface area contributed by atoms with E-state index in [0.29, 0.717) is 0 Å². The molecule has 8 aromatic carbocycles. The quantitative estimate of drug-likeness (QED) is 0.164. The van der Waals surface area contributed by atoms with Crippen molar-refractivity contribution in [3.63, 3.8) is 0 Å². The molecule has 3 heterocycles. The number of anilines is 3. The second kappa shape index (κ2) is 13.6. The van der Waals surface area contributed by atoms with Crippen LogP contribution in [0.15, 0.2) is 217 Å². The van der Waals surface area contributed by atoms with E-state index in [0.717, 1.165) is 88.9 Å². The molecule has 0 radical (unpaired) electrons. The Morgan fingerprint density at radius 1 is 0.404 bits per heavy atom. The first-order valence-corrected chi connectivity index (χ1v) is 19.3. The van der Waals surface area contributed by atoms with E-state index in [1.807, 2.05) is 24.4 Å². The standard InChI is InChI=1S/C53H35N3O/c1-3-13-36(14-4-1)37-24-28-40(29-25-37)55(41-30-26-39(27-31-41)44-19-11-20-46-45-17-8-10-23-51(45)57-53(44)46)42-32-33-43(38-15-5-2-6-16-38)50(35-42)56-48-21-9-7-18-47(48)52-49(56)22-12-34-54-52/h1-35H. The first kappa shape index (κ1) is 32.7. The third kappa shape index (κ3) is 5.58. The molecule has 0 aliphatic rings. The lowest BCUT2D eigenvalue weighted by molar-refractivity contribution is 0.670. The highest BCUT2D eigenvalue weighted by molar-refractivity contribution is 6.10. The number of fused-ring (bicyclic) bond motifs is 6. The molecule has 0 amide bonds. The lowest BCUT2D eigenvalue weighted by Crippen LogP contribution is -2.11. The van der Waals surface area contributed by atoms with Crippen LogP contribution < -0.4 is 4.90 Å². The number of hydrogen-bond donors (Lipinski definition) is 0. The fraction of sp³-hybridized carbons (Fsp3) is 0. The predicted octanol–water partition coefficient (Wildman–Crippen LogP) is 14.5. The van der Waals surface area contributed by atoms with Crippen molar-refractivity contribution in [2.75, 3.05) is 4.90 Å². The van der Waals surface area contributed by atoms with Crippen LogP contribution in [0.3, 0.4) is 0 Å². The smallest absolute Gasteiger partial charge is 0.143 e. The van der Waals surface area contributed by atoms with Crippen molar-refractivity contribution in [2.45, 2.75) is 0 Å². The molecule has 11 rings (SSSR count). The second-order valence-corrected chi connectivity index (χ2v) is 14.4. The van der Waals surface area contributed by atoms with Crippen molar-refractivity contribution < 1.29 is 4.42 Å². The number of rotatable bonds is 7. The average molecular weight is 730 g/mol. The fourth-order valence-electron chi connectivity index (χ4n) is 8.39. The summed E-state index contributed by atoms with van der Waals surface area (Å²) < 4.78 is 8.81. The largest absolute Gasteiger partial charge is 0.455 e. The summed E-state index contributed by atoms with van der Waals surface area (Å²) in [5, 5.41) is 3.38. The molecule has 0 spiro atoms. The van der Waals surface area contributed by atoms with Gasteiger partial charge >= 0.3 is 0 Å². The lowest BCUT2D eigenvalue weighted by atomic mass is 10.0. The van der Waals surface area contributed by atoms with E-state index in [2.05, 4.69) is 198 Å². The van der Waals surface area contributed by atoms with Crippen LogP contribution in [0.4, 0.5) is 17.1 Å². The lowest BCUT2D eigenvalue weighted by Gasteiger charge is -2.27. The minimum atomic E-state index is 0.899. The molecule has 268 valence electrons. The van der Waals surface area contributed by atoms with Gasteiger partial charge in [0.25, 0.3) is 0 Å². The number of pyridine rings is 1. The molecule has 57 heavy (non-hydrogen) atoms. The summed E-state index contributed by atoms with van der Waals surface area (Å²) in [5.74, 6) is 0. The van der Waals surface area contributed by atoms with Gasteiger partial charge in [-0.15, -0.1) is 0 Å². The van der Waals surface area contributed by atoms with Crippen LogP contribution in [0.5, 0.6) is 0 Å². The van der Waals surface area contributed by atoms with Crippen molar-refractivity contribution in [1.82, 2.24) is 9.55 Å². The second-order valence-electron chi connectivity index (χ2n) is 14.4. The van der Waals surface area contributed by atoms with E-state index in [1.165, 1.54) is 11.1 Å². The number of furan rings is 1. The van der Waals surface area contributed by atoms with Gasteiger partial charge in [-0.05, 0) is 82.9 Å². The van der Waals surface area contributed by atoms with Crippen molar-refractivity contribution in [1.29, 1.82) is 0 Å². The number of hydrogen-bond acceptors (Lipinski definition) is 3. The topological polar surface area (TPSA) is 34.2 Å². The van der Waals surface area contributed by atoms with Gasteiger partial charge in [-0.25, -0.2) is 0 Å². The molecule has 0 saturated heterocycles. The van der Waals surface area contributed by atoms with Crippen molar-refractivity contribution >= 4 is 60.9 Å². The minimum Gasteiger partial charge on any atom is -0.455 e. The van der Waals surface area contributed by atoms with Crippen LogP contribution in [0, 0.1) is 0 Å². The van der Waals surface area contributed by atoms with Crippen LogP contribution >= 0.6 is 0 Å². The van der Waals surface area contributed by atoms with Gasteiger partial charge in [0.05, 0.1) is 22.2 Å². The molecular weight excluding hydrogens is 695 g/mol. The molecule has 0 N–H and O–H groups in total. The highest BCUT2D eigenvalue weighted by Gasteiger charge is 2.21. The van der Waals surface area contributed by atoms with Gasteiger partial charge in [0.1, 0.15) is 11.2 Å². The highest BCUT2D eigenvalue weighted by Crippen LogP contribution is 2.43. The summed E-state index contributed by atoms with van der Waals surface area (Å²) >= 11 is 0. The number of benzene rings is 8. The maximum Gasteiger partial charge on any atom is 0.143 e. The molecule has 0 aliphatic carbocycles. The highest BCUT2D eigenvalue weighted by atomic mass is 16.3. The Hall–Kier alpha value is -7.69. The molecule has 0 saturated carbocycles. The first-order chi connectivity index (χ1) is 28.3. The molecule has 0 unspecified atom stereocenters. The molecule has 0 bridgehead atoms. The van der Waals surface area contributed by atoms with E-state index < -0.39 is 0 Å². The van der Waals surface area contributed by atoms with Gasteiger partial charge in [-0.2, -0.15) is 0 Å². The van der Waals surface area contributed by atoms with Crippen LogP contribution in [0.1, 0.15) is 0 Å². The summed E-state index contributed by atoms with van der Waals surface area (Å²) in [7, 11) is 0. The van der Waals surface area contributed by atoms with Gasteiger partial charge in [-0.1, -0.05) is 146 Å². The van der Waals surface area contributed by atoms with E-state index in [1.54, 1.807) is 0 Å². The zero-order chi connectivity index (χ0) is 37.7. The van der Waals surface area contributed by atoms with E-state index in [-0.39, 0.29) is 0 Å². The molecule has 11 aromatic rings. The normalized spacial score (nSPS) is 11.5. The van der Waals surface area contributed by atoms with Crippen LogP contribution in [0.25, 0.3) is 82.9 Å².